The molecule has 1 aromatic carbocycles. The summed E-state index contributed by atoms with van der Waals surface area (Å²) in [6, 6.07) is 3.71. The Bertz CT molecular complexity index is 618. The second-order valence-electron chi connectivity index (χ2n) is 5.40. The van der Waals surface area contributed by atoms with Crippen LogP contribution >= 0.6 is 0 Å². The zero-order chi connectivity index (χ0) is 14.3. The first-order valence-corrected chi connectivity index (χ1v) is 6.75. The zero-order valence-electron chi connectivity index (χ0n) is 11.1. The van der Waals surface area contributed by atoms with E-state index in [0.29, 0.717) is 17.0 Å². The van der Waals surface area contributed by atoms with Crippen molar-refractivity contribution in [1.82, 2.24) is 15.3 Å². The van der Waals surface area contributed by atoms with Crippen molar-refractivity contribution in [2.45, 2.75) is 32.0 Å². The summed E-state index contributed by atoms with van der Waals surface area (Å²) < 4.78 is 38.1. The summed E-state index contributed by atoms with van der Waals surface area (Å²) >= 11 is 0. The van der Waals surface area contributed by atoms with E-state index in [2.05, 4.69) is 22.2 Å². The van der Waals surface area contributed by atoms with Crippen LogP contribution in [-0.2, 0) is 6.18 Å². The number of benzene rings is 1. The molecule has 0 aliphatic carbocycles. The van der Waals surface area contributed by atoms with Gasteiger partial charge in [0.2, 0.25) is 0 Å². The maximum atomic E-state index is 12.7. The Balaban J connectivity index is 1.98. The van der Waals surface area contributed by atoms with Crippen LogP contribution in [0.25, 0.3) is 11.0 Å². The Kier molecular flexibility index (Phi) is 3.20. The summed E-state index contributed by atoms with van der Waals surface area (Å²) in [7, 11) is 0. The molecule has 2 heterocycles. The highest BCUT2D eigenvalue weighted by Crippen LogP contribution is 2.32. The third kappa shape index (κ3) is 2.40. The first kappa shape index (κ1) is 13.4. The number of imidazole rings is 1. The van der Waals surface area contributed by atoms with Crippen LogP contribution in [0.3, 0.4) is 0 Å². The van der Waals surface area contributed by atoms with Gasteiger partial charge in [-0.1, -0.05) is 6.92 Å². The molecule has 1 aliphatic heterocycles. The molecule has 1 saturated heterocycles. The molecule has 0 bridgehead atoms. The van der Waals surface area contributed by atoms with Crippen molar-refractivity contribution in [1.29, 1.82) is 0 Å². The summed E-state index contributed by atoms with van der Waals surface area (Å²) in [5.41, 5.74) is 0.367. The van der Waals surface area contributed by atoms with Gasteiger partial charge in [-0.3, -0.25) is 0 Å². The molecule has 3 nitrogen and oxygen atoms in total. The lowest BCUT2D eigenvalue weighted by Gasteiger charge is -2.28. The number of fused-ring (bicyclic) bond motifs is 1. The van der Waals surface area contributed by atoms with Gasteiger partial charge in [-0.2, -0.15) is 13.2 Å². The first-order valence-electron chi connectivity index (χ1n) is 6.75. The standard InChI is InChI=1S/C14H16F3N3/c1-8-3-2-6-18-12(8)13-19-10-5-4-9(14(15,16)17)7-11(10)20-13/h4-5,7-8,12,18H,2-3,6H2,1H3,(H,19,20). The lowest BCUT2D eigenvalue weighted by atomic mass is 9.92. The number of nitrogens with one attached hydrogen (secondary N) is 2. The minimum Gasteiger partial charge on any atom is -0.341 e. The molecule has 20 heavy (non-hydrogen) atoms. The molecule has 2 unspecified atom stereocenters. The van der Waals surface area contributed by atoms with Crippen molar-refractivity contribution in [3.63, 3.8) is 0 Å². The number of H-pyrrole nitrogens is 1. The number of halogens is 3. The summed E-state index contributed by atoms with van der Waals surface area (Å²) in [5, 5.41) is 3.37. The fourth-order valence-corrected chi connectivity index (χ4v) is 2.77. The highest BCUT2D eigenvalue weighted by molar-refractivity contribution is 5.76. The highest BCUT2D eigenvalue weighted by Gasteiger charge is 2.31. The van der Waals surface area contributed by atoms with Crippen LogP contribution in [-0.4, -0.2) is 16.5 Å². The predicted molar refractivity (Wildman–Crippen MR) is 70.2 cm³/mol. The fourth-order valence-electron chi connectivity index (χ4n) is 2.77. The van der Waals surface area contributed by atoms with Gasteiger partial charge in [0.05, 0.1) is 22.6 Å². The molecule has 0 saturated carbocycles. The first-order chi connectivity index (χ1) is 9.45. The molecule has 2 aromatic rings. The largest absolute Gasteiger partial charge is 0.416 e. The van der Waals surface area contributed by atoms with E-state index in [0.717, 1.165) is 37.3 Å². The van der Waals surface area contributed by atoms with Crippen molar-refractivity contribution in [2.24, 2.45) is 5.92 Å². The van der Waals surface area contributed by atoms with Crippen molar-refractivity contribution in [3.05, 3.63) is 29.6 Å². The second-order valence-corrected chi connectivity index (χ2v) is 5.40. The SMILES string of the molecule is CC1CCCNC1c1nc2ccc(C(F)(F)F)cc2[nH]1. The van der Waals surface area contributed by atoms with Crippen LogP contribution in [0.1, 0.15) is 37.2 Å². The molecule has 0 spiro atoms. The molecule has 1 fully saturated rings. The number of alkyl halides is 3. The summed E-state index contributed by atoms with van der Waals surface area (Å²) in [6.07, 6.45) is -2.10. The molecule has 1 aromatic heterocycles. The number of hydrogen-bond donors (Lipinski definition) is 2. The Hall–Kier alpha value is -1.56. The van der Waals surface area contributed by atoms with Gasteiger partial charge in [-0.15, -0.1) is 0 Å². The maximum absolute atomic E-state index is 12.7. The molecule has 108 valence electrons. The zero-order valence-corrected chi connectivity index (χ0v) is 11.1. The van der Waals surface area contributed by atoms with Crippen LogP contribution in [0.2, 0.25) is 0 Å². The van der Waals surface area contributed by atoms with E-state index in [-0.39, 0.29) is 6.04 Å². The van der Waals surface area contributed by atoms with E-state index in [1.165, 1.54) is 6.07 Å². The van der Waals surface area contributed by atoms with Gasteiger partial charge in [0.1, 0.15) is 5.82 Å². The number of nitrogens with zero attached hydrogens (tertiary/aromatic N) is 1. The van der Waals surface area contributed by atoms with Gasteiger partial charge in [-0.25, -0.2) is 4.98 Å². The van der Waals surface area contributed by atoms with Crippen LogP contribution in [0.15, 0.2) is 18.2 Å². The summed E-state index contributed by atoms with van der Waals surface area (Å²) in [5.74, 6) is 1.15. The molecule has 2 atom stereocenters. The molecule has 1 aliphatic rings. The van der Waals surface area contributed by atoms with Crippen LogP contribution < -0.4 is 5.32 Å². The topological polar surface area (TPSA) is 40.7 Å². The highest BCUT2D eigenvalue weighted by atomic mass is 19.4. The molecule has 3 rings (SSSR count). The number of rotatable bonds is 1. The Labute approximate surface area is 114 Å². The minimum atomic E-state index is -4.32. The molecular weight excluding hydrogens is 267 g/mol. The van der Waals surface area contributed by atoms with Gasteiger partial charge >= 0.3 is 6.18 Å². The molecule has 0 amide bonds. The third-order valence-electron chi connectivity index (χ3n) is 3.89. The Morgan fingerprint density at radius 1 is 1.30 bits per heavy atom. The minimum absolute atomic E-state index is 0.0884. The van der Waals surface area contributed by atoms with Gasteiger partial charge < -0.3 is 10.3 Å². The van der Waals surface area contributed by atoms with Crippen LogP contribution in [0.5, 0.6) is 0 Å². The second kappa shape index (κ2) is 4.77. The maximum Gasteiger partial charge on any atom is 0.416 e. The van der Waals surface area contributed by atoms with E-state index in [1.807, 2.05) is 0 Å². The normalized spacial score (nSPS) is 24.2. The van der Waals surface area contributed by atoms with Crippen molar-refractivity contribution in [2.75, 3.05) is 6.54 Å². The van der Waals surface area contributed by atoms with E-state index in [9.17, 15) is 13.2 Å². The molecule has 2 N–H and O–H groups in total. The summed E-state index contributed by atoms with van der Waals surface area (Å²) in [6.45, 7) is 3.05. The van der Waals surface area contributed by atoms with E-state index < -0.39 is 11.7 Å². The smallest absolute Gasteiger partial charge is 0.341 e. The fraction of sp³-hybridized carbons (Fsp3) is 0.500. The van der Waals surface area contributed by atoms with Crippen LogP contribution in [0, 0.1) is 5.92 Å². The molecule has 0 radical (unpaired) electrons. The number of aromatic nitrogens is 2. The summed E-state index contributed by atoms with van der Waals surface area (Å²) in [4.78, 5) is 7.46. The lowest BCUT2D eigenvalue weighted by molar-refractivity contribution is -0.137. The third-order valence-corrected chi connectivity index (χ3v) is 3.89. The molecule has 6 heteroatoms. The average Bonchev–Trinajstić information content (AvgIpc) is 2.80. The number of piperidine rings is 1. The molecular formula is C14H16F3N3. The van der Waals surface area contributed by atoms with E-state index in [4.69, 9.17) is 0 Å². The van der Waals surface area contributed by atoms with E-state index in [1.54, 1.807) is 0 Å². The van der Waals surface area contributed by atoms with Crippen molar-refractivity contribution in [3.8, 4) is 0 Å². The predicted octanol–water partition coefficient (Wildman–Crippen LogP) is 3.64. The van der Waals surface area contributed by atoms with Gasteiger partial charge in [-0.05, 0) is 43.5 Å². The number of hydrogen-bond acceptors (Lipinski definition) is 2. The van der Waals surface area contributed by atoms with Gasteiger partial charge in [0.25, 0.3) is 0 Å². The van der Waals surface area contributed by atoms with Gasteiger partial charge in [0.15, 0.2) is 0 Å². The Morgan fingerprint density at radius 2 is 2.10 bits per heavy atom. The van der Waals surface area contributed by atoms with Gasteiger partial charge in [0, 0.05) is 0 Å². The van der Waals surface area contributed by atoms with E-state index >= 15 is 0 Å². The average molecular weight is 283 g/mol. The van der Waals surface area contributed by atoms with Crippen molar-refractivity contribution < 1.29 is 13.2 Å². The lowest BCUT2D eigenvalue weighted by Crippen LogP contribution is -2.33. The number of aromatic amines is 1. The van der Waals surface area contributed by atoms with Crippen molar-refractivity contribution >= 4 is 11.0 Å². The van der Waals surface area contributed by atoms with Crippen LogP contribution in [0.4, 0.5) is 13.2 Å². The monoisotopic (exact) mass is 283 g/mol. The quantitative estimate of drug-likeness (QED) is 0.839. The Morgan fingerprint density at radius 3 is 2.80 bits per heavy atom.